The maximum absolute atomic E-state index is 11.9. The molecule has 0 spiro atoms. The lowest BCUT2D eigenvalue weighted by molar-refractivity contribution is -0.130. The molecule has 1 fully saturated rings. The molecular formula is C16H17NO3. The number of hydrogen-bond donors (Lipinski definition) is 0. The van der Waals surface area contributed by atoms with Crippen LogP contribution in [0.1, 0.15) is 24.0 Å². The Morgan fingerprint density at radius 3 is 2.60 bits per heavy atom. The fraction of sp³-hybridized carbons (Fsp3) is 0.375. The molecule has 0 atom stereocenters. The summed E-state index contributed by atoms with van der Waals surface area (Å²) in [6.07, 6.45) is 3.50. The topological polar surface area (TPSA) is 47.9 Å². The number of carbonyl (C=O) groups is 1. The van der Waals surface area contributed by atoms with Crippen molar-refractivity contribution in [2.75, 3.05) is 13.2 Å². The Kier molecular flexibility index (Phi) is 3.65. The zero-order valence-electron chi connectivity index (χ0n) is 11.5. The van der Waals surface area contributed by atoms with Crippen molar-refractivity contribution < 1.29 is 14.3 Å². The van der Waals surface area contributed by atoms with E-state index in [0.29, 0.717) is 24.8 Å². The second kappa shape index (κ2) is 5.59. The molecule has 0 saturated carbocycles. The lowest BCUT2D eigenvalue weighted by Gasteiger charge is -2.20. The molecule has 0 radical (unpaired) electrons. The number of hydrogen-bond acceptors (Lipinski definition) is 4. The van der Waals surface area contributed by atoms with E-state index in [4.69, 9.17) is 9.47 Å². The van der Waals surface area contributed by atoms with E-state index in [1.165, 1.54) is 5.56 Å². The minimum atomic E-state index is -0.355. The average molecular weight is 271 g/mol. The first-order chi connectivity index (χ1) is 9.72. The Morgan fingerprint density at radius 2 is 1.90 bits per heavy atom. The van der Waals surface area contributed by atoms with E-state index in [1.54, 1.807) is 6.08 Å². The molecule has 0 amide bonds. The Balaban J connectivity index is 1.80. The van der Waals surface area contributed by atoms with Crippen molar-refractivity contribution in [3.05, 3.63) is 41.1 Å². The molecule has 1 aromatic carbocycles. The first kappa shape index (κ1) is 13.1. The van der Waals surface area contributed by atoms with Gasteiger partial charge in [0.05, 0.1) is 0 Å². The first-order valence-corrected chi connectivity index (χ1v) is 6.89. The van der Waals surface area contributed by atoms with Crippen LogP contribution < -0.4 is 0 Å². The molecule has 4 nitrogen and oxygen atoms in total. The zero-order valence-corrected chi connectivity index (χ0v) is 11.5. The van der Waals surface area contributed by atoms with E-state index in [9.17, 15) is 4.79 Å². The summed E-state index contributed by atoms with van der Waals surface area (Å²) in [5.41, 5.74) is 2.53. The van der Waals surface area contributed by atoms with Gasteiger partial charge in [-0.3, -0.25) is 0 Å². The molecule has 2 aliphatic heterocycles. The standard InChI is InChI=1S/C16H17NO3/c1-11-2-4-12(5-3-11)10-14-16(18)20-15(17-14)13-6-8-19-9-7-13/h2-5,10,13H,6-9H2,1H3/b14-10+. The van der Waals surface area contributed by atoms with Gasteiger partial charge in [0.1, 0.15) is 0 Å². The zero-order chi connectivity index (χ0) is 13.9. The maximum Gasteiger partial charge on any atom is 0.363 e. The second-order valence-corrected chi connectivity index (χ2v) is 5.17. The summed E-state index contributed by atoms with van der Waals surface area (Å²) < 4.78 is 10.6. The minimum absolute atomic E-state index is 0.205. The van der Waals surface area contributed by atoms with E-state index < -0.39 is 0 Å². The van der Waals surface area contributed by atoms with Crippen LogP contribution in [0, 0.1) is 12.8 Å². The third-order valence-corrected chi connectivity index (χ3v) is 3.59. The highest BCUT2D eigenvalue weighted by atomic mass is 16.6. The predicted molar refractivity (Wildman–Crippen MR) is 76.2 cm³/mol. The summed E-state index contributed by atoms with van der Waals surface area (Å²) in [5.74, 6) is 0.403. The summed E-state index contributed by atoms with van der Waals surface area (Å²) in [6.45, 7) is 3.44. The number of esters is 1. The first-order valence-electron chi connectivity index (χ1n) is 6.89. The fourth-order valence-electron chi connectivity index (χ4n) is 2.37. The number of nitrogens with zero attached hydrogens (tertiary/aromatic N) is 1. The van der Waals surface area contributed by atoms with E-state index in [0.717, 1.165) is 18.4 Å². The van der Waals surface area contributed by atoms with Crippen LogP contribution in [0.4, 0.5) is 0 Å². The minimum Gasteiger partial charge on any atom is -0.406 e. The summed E-state index contributed by atoms with van der Waals surface area (Å²) in [6, 6.07) is 7.96. The van der Waals surface area contributed by atoms with Gasteiger partial charge in [-0.1, -0.05) is 29.8 Å². The molecule has 1 aromatic rings. The molecule has 0 unspecified atom stereocenters. The normalized spacial score (nSPS) is 21.9. The Labute approximate surface area is 118 Å². The number of carbonyl (C=O) groups excluding carboxylic acids is 1. The fourth-order valence-corrected chi connectivity index (χ4v) is 2.37. The molecule has 20 heavy (non-hydrogen) atoms. The molecule has 3 rings (SSSR count). The van der Waals surface area contributed by atoms with Gasteiger partial charge >= 0.3 is 5.97 Å². The molecule has 0 aliphatic carbocycles. The van der Waals surface area contributed by atoms with Crippen LogP contribution in [0.2, 0.25) is 0 Å². The number of aryl methyl sites for hydroxylation is 1. The molecule has 4 heteroatoms. The summed E-state index contributed by atoms with van der Waals surface area (Å²) in [4.78, 5) is 16.2. The quantitative estimate of drug-likeness (QED) is 0.614. The van der Waals surface area contributed by atoms with Crippen LogP contribution in [-0.4, -0.2) is 25.1 Å². The number of cyclic esters (lactones) is 1. The average Bonchev–Trinajstić information content (AvgIpc) is 2.84. The van der Waals surface area contributed by atoms with Crippen molar-refractivity contribution in [2.24, 2.45) is 10.9 Å². The summed E-state index contributed by atoms with van der Waals surface area (Å²) in [5, 5.41) is 0. The van der Waals surface area contributed by atoms with Gasteiger partial charge in [0.2, 0.25) is 5.90 Å². The van der Waals surface area contributed by atoms with Crippen molar-refractivity contribution in [1.29, 1.82) is 0 Å². The summed E-state index contributed by atoms with van der Waals surface area (Å²) in [7, 11) is 0. The van der Waals surface area contributed by atoms with Gasteiger partial charge in [-0.2, -0.15) is 0 Å². The Morgan fingerprint density at radius 1 is 1.20 bits per heavy atom. The van der Waals surface area contributed by atoms with Gasteiger partial charge in [-0.15, -0.1) is 0 Å². The van der Waals surface area contributed by atoms with Crippen LogP contribution >= 0.6 is 0 Å². The number of benzene rings is 1. The van der Waals surface area contributed by atoms with Crippen LogP contribution in [0.5, 0.6) is 0 Å². The molecule has 0 aromatic heterocycles. The number of ether oxygens (including phenoxy) is 2. The van der Waals surface area contributed by atoms with E-state index in [1.807, 2.05) is 31.2 Å². The molecular weight excluding hydrogens is 254 g/mol. The van der Waals surface area contributed by atoms with Crippen LogP contribution in [0.15, 0.2) is 35.0 Å². The largest absolute Gasteiger partial charge is 0.406 e. The SMILES string of the molecule is Cc1ccc(/C=C2/N=C(C3CCOCC3)OC2=O)cc1. The van der Waals surface area contributed by atoms with E-state index >= 15 is 0 Å². The van der Waals surface area contributed by atoms with Crippen molar-refractivity contribution in [3.63, 3.8) is 0 Å². The van der Waals surface area contributed by atoms with E-state index in [2.05, 4.69) is 4.99 Å². The van der Waals surface area contributed by atoms with Crippen LogP contribution in [0.3, 0.4) is 0 Å². The Hall–Kier alpha value is -1.94. The van der Waals surface area contributed by atoms with Crippen molar-refractivity contribution in [1.82, 2.24) is 0 Å². The molecule has 2 aliphatic rings. The highest BCUT2D eigenvalue weighted by Gasteiger charge is 2.30. The number of rotatable bonds is 2. The lowest BCUT2D eigenvalue weighted by atomic mass is 10.0. The third kappa shape index (κ3) is 2.80. The van der Waals surface area contributed by atoms with Crippen molar-refractivity contribution in [3.8, 4) is 0 Å². The Bertz CT molecular complexity index is 566. The third-order valence-electron chi connectivity index (χ3n) is 3.59. The molecule has 1 saturated heterocycles. The van der Waals surface area contributed by atoms with Gasteiger partial charge < -0.3 is 9.47 Å². The lowest BCUT2D eigenvalue weighted by Crippen LogP contribution is -2.24. The second-order valence-electron chi connectivity index (χ2n) is 5.17. The molecule has 104 valence electrons. The van der Waals surface area contributed by atoms with E-state index in [-0.39, 0.29) is 11.9 Å². The van der Waals surface area contributed by atoms with Gasteiger partial charge in [0, 0.05) is 19.1 Å². The summed E-state index contributed by atoms with van der Waals surface area (Å²) >= 11 is 0. The molecule has 2 heterocycles. The number of aliphatic imine (C=N–C) groups is 1. The van der Waals surface area contributed by atoms with Gasteiger partial charge in [-0.25, -0.2) is 9.79 Å². The van der Waals surface area contributed by atoms with Gasteiger partial charge in [0.25, 0.3) is 0 Å². The van der Waals surface area contributed by atoms with Gasteiger partial charge in [0.15, 0.2) is 5.70 Å². The van der Waals surface area contributed by atoms with Crippen LogP contribution in [-0.2, 0) is 14.3 Å². The predicted octanol–water partition coefficient (Wildman–Crippen LogP) is 2.72. The maximum atomic E-state index is 11.9. The van der Waals surface area contributed by atoms with Gasteiger partial charge in [-0.05, 0) is 31.4 Å². The highest BCUT2D eigenvalue weighted by Crippen LogP contribution is 2.24. The highest BCUT2D eigenvalue weighted by molar-refractivity contribution is 6.07. The molecule has 0 N–H and O–H groups in total. The van der Waals surface area contributed by atoms with Crippen LogP contribution in [0.25, 0.3) is 6.08 Å². The van der Waals surface area contributed by atoms with Crippen molar-refractivity contribution >= 4 is 17.9 Å². The molecule has 0 bridgehead atoms. The van der Waals surface area contributed by atoms with Crippen molar-refractivity contribution in [2.45, 2.75) is 19.8 Å². The smallest absolute Gasteiger partial charge is 0.363 e. The monoisotopic (exact) mass is 271 g/mol.